The van der Waals surface area contributed by atoms with Crippen LogP contribution in [0.15, 0.2) is 53.4 Å². The van der Waals surface area contributed by atoms with Crippen molar-refractivity contribution in [2.75, 3.05) is 24.1 Å². The minimum absolute atomic E-state index is 0.272. The van der Waals surface area contributed by atoms with E-state index in [0.29, 0.717) is 13.1 Å². The number of sulfonamides is 1. The first-order chi connectivity index (χ1) is 9.99. The van der Waals surface area contributed by atoms with Gasteiger partial charge in [0.1, 0.15) is 0 Å². The number of nitrogens with two attached hydrogens (primary N) is 1. The van der Waals surface area contributed by atoms with E-state index in [2.05, 4.69) is 10.0 Å². The molecule has 0 saturated carbocycles. The van der Waals surface area contributed by atoms with Gasteiger partial charge < -0.3 is 11.1 Å². The van der Waals surface area contributed by atoms with Crippen molar-refractivity contribution in [2.45, 2.75) is 11.8 Å². The van der Waals surface area contributed by atoms with Crippen molar-refractivity contribution >= 4 is 21.4 Å². The van der Waals surface area contributed by atoms with Crippen LogP contribution in [-0.4, -0.2) is 21.5 Å². The highest BCUT2D eigenvalue weighted by Gasteiger charge is 2.11. The van der Waals surface area contributed by atoms with E-state index < -0.39 is 10.0 Å². The summed E-state index contributed by atoms with van der Waals surface area (Å²) in [6, 6.07) is 13.9. The molecule has 0 radical (unpaired) electrons. The van der Waals surface area contributed by atoms with E-state index >= 15 is 0 Å². The average Bonchev–Trinajstić information content (AvgIpc) is 2.48. The van der Waals surface area contributed by atoms with Crippen LogP contribution in [-0.2, 0) is 10.0 Å². The van der Waals surface area contributed by atoms with Crippen LogP contribution in [0.1, 0.15) is 5.56 Å². The van der Waals surface area contributed by atoms with Crippen LogP contribution in [0.2, 0.25) is 0 Å². The summed E-state index contributed by atoms with van der Waals surface area (Å²) in [6.45, 7) is 2.73. The topological polar surface area (TPSA) is 84.2 Å². The highest BCUT2D eigenvalue weighted by Crippen LogP contribution is 2.16. The molecule has 0 aliphatic rings. The highest BCUT2D eigenvalue weighted by atomic mass is 32.2. The van der Waals surface area contributed by atoms with Crippen LogP contribution in [0, 0.1) is 6.92 Å². The molecule has 0 amide bonds. The highest BCUT2D eigenvalue weighted by molar-refractivity contribution is 7.89. The Bertz CT molecular complexity index is 700. The molecule has 0 atom stereocenters. The number of benzene rings is 2. The molecule has 112 valence electrons. The van der Waals surface area contributed by atoms with Gasteiger partial charge in [-0.05, 0) is 42.8 Å². The summed E-state index contributed by atoms with van der Waals surface area (Å²) in [6.07, 6.45) is 0. The fourth-order valence-electron chi connectivity index (χ4n) is 1.86. The van der Waals surface area contributed by atoms with Crippen LogP contribution < -0.4 is 15.8 Å². The van der Waals surface area contributed by atoms with Gasteiger partial charge in [0.05, 0.1) is 4.90 Å². The van der Waals surface area contributed by atoms with Gasteiger partial charge in [-0.1, -0.05) is 18.2 Å². The summed E-state index contributed by atoms with van der Waals surface area (Å²) >= 11 is 0. The Morgan fingerprint density at radius 1 is 1.05 bits per heavy atom. The van der Waals surface area contributed by atoms with E-state index in [1.54, 1.807) is 30.3 Å². The smallest absolute Gasteiger partial charge is 0.240 e. The molecular weight excluding hydrogens is 286 g/mol. The molecule has 0 saturated heterocycles. The standard InChI is InChI=1S/C15H19N3O2S/c1-12-11-13(7-8-15(12)16)17-9-10-18-21(19,20)14-5-3-2-4-6-14/h2-8,11,17-18H,9-10,16H2,1H3. The summed E-state index contributed by atoms with van der Waals surface area (Å²) in [7, 11) is -3.44. The van der Waals surface area contributed by atoms with E-state index in [0.717, 1.165) is 16.9 Å². The Kier molecular flexibility index (Phi) is 4.82. The molecule has 2 rings (SSSR count). The zero-order chi connectivity index (χ0) is 15.3. The van der Waals surface area contributed by atoms with E-state index in [4.69, 9.17) is 5.73 Å². The lowest BCUT2D eigenvalue weighted by Crippen LogP contribution is -2.28. The minimum Gasteiger partial charge on any atom is -0.399 e. The largest absolute Gasteiger partial charge is 0.399 e. The van der Waals surface area contributed by atoms with Crippen molar-refractivity contribution in [1.29, 1.82) is 0 Å². The molecule has 0 unspecified atom stereocenters. The summed E-state index contributed by atoms with van der Waals surface area (Å²) in [5.74, 6) is 0. The lowest BCUT2D eigenvalue weighted by atomic mass is 10.2. The number of rotatable bonds is 6. The van der Waals surface area contributed by atoms with Gasteiger partial charge in [0.15, 0.2) is 0 Å². The fraction of sp³-hybridized carbons (Fsp3) is 0.200. The third-order valence-electron chi connectivity index (χ3n) is 3.07. The van der Waals surface area contributed by atoms with Crippen molar-refractivity contribution in [3.8, 4) is 0 Å². The van der Waals surface area contributed by atoms with Crippen molar-refractivity contribution in [3.05, 3.63) is 54.1 Å². The molecule has 0 spiro atoms. The van der Waals surface area contributed by atoms with Crippen molar-refractivity contribution in [1.82, 2.24) is 4.72 Å². The summed E-state index contributed by atoms with van der Waals surface area (Å²) in [5, 5.41) is 3.15. The minimum atomic E-state index is -3.44. The molecule has 21 heavy (non-hydrogen) atoms. The maximum Gasteiger partial charge on any atom is 0.240 e. The molecule has 0 bridgehead atoms. The molecule has 2 aromatic carbocycles. The lowest BCUT2D eigenvalue weighted by molar-refractivity contribution is 0.583. The maximum absolute atomic E-state index is 12.0. The van der Waals surface area contributed by atoms with Gasteiger partial charge in [0.25, 0.3) is 0 Å². The van der Waals surface area contributed by atoms with E-state index in [-0.39, 0.29) is 4.90 Å². The molecular formula is C15H19N3O2S. The maximum atomic E-state index is 12.0. The molecule has 0 aliphatic heterocycles. The van der Waals surface area contributed by atoms with Crippen LogP contribution >= 0.6 is 0 Å². The summed E-state index contributed by atoms with van der Waals surface area (Å²) in [4.78, 5) is 0.272. The van der Waals surface area contributed by atoms with Gasteiger partial charge in [-0.25, -0.2) is 13.1 Å². The first kappa shape index (κ1) is 15.3. The van der Waals surface area contributed by atoms with Crippen molar-refractivity contribution in [2.24, 2.45) is 0 Å². The Balaban J connectivity index is 1.86. The average molecular weight is 305 g/mol. The van der Waals surface area contributed by atoms with Crippen LogP contribution in [0.25, 0.3) is 0 Å². The number of aryl methyl sites for hydroxylation is 1. The SMILES string of the molecule is Cc1cc(NCCNS(=O)(=O)c2ccccc2)ccc1N. The molecule has 4 N–H and O–H groups in total. The van der Waals surface area contributed by atoms with Gasteiger partial charge in [0, 0.05) is 24.5 Å². The second kappa shape index (κ2) is 6.60. The summed E-state index contributed by atoms with van der Waals surface area (Å²) in [5.41, 5.74) is 8.39. The van der Waals surface area contributed by atoms with Gasteiger partial charge in [0.2, 0.25) is 10.0 Å². The Morgan fingerprint density at radius 2 is 1.76 bits per heavy atom. The van der Waals surface area contributed by atoms with Gasteiger partial charge in [-0.3, -0.25) is 0 Å². The number of nitrogen functional groups attached to an aromatic ring is 1. The van der Waals surface area contributed by atoms with Gasteiger partial charge in [-0.15, -0.1) is 0 Å². The van der Waals surface area contributed by atoms with E-state index in [9.17, 15) is 8.42 Å². The van der Waals surface area contributed by atoms with Crippen LogP contribution in [0.5, 0.6) is 0 Å². The quantitative estimate of drug-likeness (QED) is 0.563. The monoisotopic (exact) mass is 305 g/mol. The predicted octanol–water partition coefficient (Wildman–Crippen LogP) is 1.97. The number of anilines is 2. The van der Waals surface area contributed by atoms with Gasteiger partial charge >= 0.3 is 0 Å². The Morgan fingerprint density at radius 3 is 2.43 bits per heavy atom. The van der Waals surface area contributed by atoms with E-state index in [1.165, 1.54) is 0 Å². The number of hydrogen-bond acceptors (Lipinski definition) is 4. The second-order valence-corrected chi connectivity index (χ2v) is 6.48. The van der Waals surface area contributed by atoms with E-state index in [1.807, 2.05) is 25.1 Å². The van der Waals surface area contributed by atoms with Crippen LogP contribution in [0.3, 0.4) is 0 Å². The lowest BCUT2D eigenvalue weighted by Gasteiger charge is -2.10. The zero-order valence-corrected chi connectivity index (χ0v) is 12.7. The molecule has 0 fully saturated rings. The van der Waals surface area contributed by atoms with Crippen LogP contribution in [0.4, 0.5) is 11.4 Å². The second-order valence-electron chi connectivity index (χ2n) is 4.71. The van der Waals surface area contributed by atoms with Gasteiger partial charge in [-0.2, -0.15) is 0 Å². The van der Waals surface area contributed by atoms with Crippen molar-refractivity contribution < 1.29 is 8.42 Å². The Hall–Kier alpha value is -2.05. The molecule has 0 aromatic heterocycles. The third kappa shape index (κ3) is 4.21. The normalized spacial score (nSPS) is 11.3. The predicted molar refractivity (Wildman–Crippen MR) is 85.7 cm³/mol. The molecule has 0 heterocycles. The first-order valence-electron chi connectivity index (χ1n) is 6.64. The number of hydrogen-bond donors (Lipinski definition) is 3. The first-order valence-corrected chi connectivity index (χ1v) is 8.12. The Labute approximate surface area is 125 Å². The molecule has 6 heteroatoms. The number of nitrogens with one attached hydrogen (secondary N) is 2. The molecule has 0 aliphatic carbocycles. The van der Waals surface area contributed by atoms with Crippen molar-refractivity contribution in [3.63, 3.8) is 0 Å². The fourth-order valence-corrected chi connectivity index (χ4v) is 2.91. The molecule has 2 aromatic rings. The molecule has 5 nitrogen and oxygen atoms in total. The zero-order valence-electron chi connectivity index (χ0n) is 11.8. The third-order valence-corrected chi connectivity index (χ3v) is 4.55. The summed E-state index contributed by atoms with van der Waals surface area (Å²) < 4.78 is 26.5.